The molecule has 2 aromatic rings. The van der Waals surface area contributed by atoms with E-state index < -0.39 is 10.0 Å². The Bertz CT molecular complexity index is 755. The largest absolute Gasteiger partial charge is 0.486 e. The van der Waals surface area contributed by atoms with Crippen molar-refractivity contribution >= 4 is 32.9 Å². The maximum atomic E-state index is 12.2. The number of aromatic amines is 1. The first kappa shape index (κ1) is 15.3. The highest BCUT2D eigenvalue weighted by Gasteiger charge is 2.18. The highest BCUT2D eigenvalue weighted by atomic mass is 32.2. The Morgan fingerprint density at radius 2 is 2.29 bits per heavy atom. The fraction of sp³-hybridized carbons (Fsp3) is 0.167. The number of aryl methyl sites for hydroxylation is 1. The van der Waals surface area contributed by atoms with E-state index in [9.17, 15) is 8.42 Å². The van der Waals surface area contributed by atoms with E-state index in [4.69, 9.17) is 22.7 Å². The Balaban J connectivity index is 2.18. The van der Waals surface area contributed by atoms with Gasteiger partial charge in [0, 0.05) is 6.07 Å². The van der Waals surface area contributed by atoms with Gasteiger partial charge in [0.15, 0.2) is 0 Å². The fourth-order valence-corrected chi connectivity index (χ4v) is 2.87. The van der Waals surface area contributed by atoms with Crippen LogP contribution in [0.4, 0.5) is 5.69 Å². The number of hydrogen-bond donors (Lipinski definition) is 3. The number of nitrogens with two attached hydrogens (primary N) is 1. The van der Waals surface area contributed by atoms with Gasteiger partial charge >= 0.3 is 0 Å². The summed E-state index contributed by atoms with van der Waals surface area (Å²) in [7, 11) is -3.70. The summed E-state index contributed by atoms with van der Waals surface area (Å²) in [6.45, 7) is 1.72. The summed E-state index contributed by atoms with van der Waals surface area (Å²) in [6.07, 6.45) is 1.25. The molecule has 0 bridgehead atoms. The number of sulfonamides is 1. The van der Waals surface area contributed by atoms with Gasteiger partial charge in [-0.3, -0.25) is 9.82 Å². The number of thiocarbonyl (C=S) groups is 1. The lowest BCUT2D eigenvalue weighted by atomic mass is 10.3. The van der Waals surface area contributed by atoms with Crippen LogP contribution in [-0.4, -0.2) is 30.2 Å². The van der Waals surface area contributed by atoms with Crippen molar-refractivity contribution in [2.45, 2.75) is 11.8 Å². The molecule has 112 valence electrons. The van der Waals surface area contributed by atoms with Crippen LogP contribution in [0.15, 0.2) is 35.4 Å². The third-order valence-electron chi connectivity index (χ3n) is 2.54. The molecule has 21 heavy (non-hydrogen) atoms. The van der Waals surface area contributed by atoms with Gasteiger partial charge in [-0.05, 0) is 19.1 Å². The van der Waals surface area contributed by atoms with Crippen LogP contribution in [0.5, 0.6) is 5.75 Å². The number of anilines is 1. The van der Waals surface area contributed by atoms with Crippen molar-refractivity contribution in [3.63, 3.8) is 0 Å². The van der Waals surface area contributed by atoms with Crippen LogP contribution in [0.2, 0.25) is 0 Å². The summed E-state index contributed by atoms with van der Waals surface area (Å²) in [6, 6.07) is 6.50. The lowest BCUT2D eigenvalue weighted by Gasteiger charge is -2.09. The van der Waals surface area contributed by atoms with Gasteiger partial charge < -0.3 is 10.5 Å². The zero-order valence-electron chi connectivity index (χ0n) is 11.2. The molecule has 0 aliphatic rings. The van der Waals surface area contributed by atoms with Crippen molar-refractivity contribution in [1.82, 2.24) is 10.2 Å². The molecule has 0 atom stereocenters. The van der Waals surface area contributed by atoms with Gasteiger partial charge in [-0.1, -0.05) is 18.3 Å². The van der Waals surface area contributed by atoms with E-state index in [0.29, 0.717) is 17.1 Å². The smallest absolute Gasteiger partial charge is 0.265 e. The zero-order chi connectivity index (χ0) is 15.5. The summed E-state index contributed by atoms with van der Waals surface area (Å²) in [5.74, 6) is 0.465. The molecule has 0 saturated heterocycles. The number of hydrogen-bond acceptors (Lipinski definition) is 5. The van der Waals surface area contributed by atoms with Gasteiger partial charge in [-0.2, -0.15) is 5.10 Å². The molecular weight excluding hydrogens is 312 g/mol. The second-order valence-electron chi connectivity index (χ2n) is 4.25. The molecule has 0 fully saturated rings. The number of nitrogens with one attached hydrogen (secondary N) is 2. The van der Waals surface area contributed by atoms with Crippen LogP contribution < -0.4 is 15.2 Å². The number of rotatable bonds is 6. The Morgan fingerprint density at radius 1 is 1.52 bits per heavy atom. The van der Waals surface area contributed by atoms with Crippen LogP contribution in [0, 0.1) is 6.92 Å². The summed E-state index contributed by atoms with van der Waals surface area (Å²) in [4.78, 5) is 0.312. The van der Waals surface area contributed by atoms with Crippen molar-refractivity contribution in [3.05, 3.63) is 36.2 Å². The predicted octanol–water partition coefficient (Wildman–Crippen LogP) is 1.18. The number of benzene rings is 1. The van der Waals surface area contributed by atoms with Gasteiger partial charge in [0.05, 0.1) is 17.6 Å². The normalized spacial score (nSPS) is 11.1. The standard InChI is InChI=1S/C12H14N4O3S2/c1-8-11(6-14-15-8)21(17,18)16-9-3-2-4-10(5-9)19-7-12(13)20/h2-6,16H,7H2,1H3,(H2,13,20)(H,14,15). The van der Waals surface area contributed by atoms with Gasteiger partial charge in [-0.15, -0.1) is 0 Å². The maximum Gasteiger partial charge on any atom is 0.265 e. The molecule has 0 saturated carbocycles. The first-order chi connectivity index (χ1) is 9.88. The van der Waals surface area contributed by atoms with Crippen molar-refractivity contribution < 1.29 is 13.2 Å². The van der Waals surface area contributed by atoms with Crippen molar-refractivity contribution in [2.24, 2.45) is 5.73 Å². The van der Waals surface area contributed by atoms with E-state index >= 15 is 0 Å². The molecule has 4 N–H and O–H groups in total. The van der Waals surface area contributed by atoms with Crippen LogP contribution >= 0.6 is 12.2 Å². The molecule has 0 aliphatic heterocycles. The average Bonchev–Trinajstić information content (AvgIpc) is 2.83. The van der Waals surface area contributed by atoms with E-state index in [0.717, 1.165) is 0 Å². The molecule has 7 nitrogen and oxygen atoms in total. The topological polar surface area (TPSA) is 110 Å². The van der Waals surface area contributed by atoms with E-state index in [1.165, 1.54) is 6.20 Å². The first-order valence-electron chi connectivity index (χ1n) is 5.92. The van der Waals surface area contributed by atoms with Crippen LogP contribution in [0.1, 0.15) is 5.69 Å². The molecule has 9 heteroatoms. The fourth-order valence-electron chi connectivity index (χ4n) is 1.62. The third-order valence-corrected chi connectivity index (χ3v) is 4.15. The lowest BCUT2D eigenvalue weighted by molar-refractivity contribution is 0.378. The predicted molar refractivity (Wildman–Crippen MR) is 82.9 cm³/mol. The van der Waals surface area contributed by atoms with E-state index in [1.54, 1.807) is 31.2 Å². The first-order valence-corrected chi connectivity index (χ1v) is 7.81. The number of ether oxygens (including phenoxy) is 1. The highest BCUT2D eigenvalue weighted by Crippen LogP contribution is 2.21. The molecule has 0 amide bonds. The van der Waals surface area contributed by atoms with Gasteiger partial charge in [0.2, 0.25) is 0 Å². The summed E-state index contributed by atoms with van der Waals surface area (Å²) < 4.78 is 32.2. The summed E-state index contributed by atoms with van der Waals surface area (Å²) in [5.41, 5.74) is 6.18. The molecule has 2 rings (SSSR count). The molecule has 0 unspecified atom stereocenters. The van der Waals surface area contributed by atoms with Crippen molar-refractivity contribution in [3.8, 4) is 5.75 Å². The maximum absolute atomic E-state index is 12.2. The Labute approximate surface area is 127 Å². The van der Waals surface area contributed by atoms with E-state index in [2.05, 4.69) is 14.9 Å². The summed E-state index contributed by atoms with van der Waals surface area (Å²) in [5, 5.41) is 6.28. The van der Waals surface area contributed by atoms with Crippen LogP contribution in [0.25, 0.3) is 0 Å². The molecular formula is C12H14N4O3S2. The van der Waals surface area contributed by atoms with E-state index in [-0.39, 0.29) is 16.5 Å². The van der Waals surface area contributed by atoms with Gasteiger partial charge in [0.25, 0.3) is 10.0 Å². The van der Waals surface area contributed by atoms with Crippen LogP contribution in [0.3, 0.4) is 0 Å². The average molecular weight is 326 g/mol. The summed E-state index contributed by atoms with van der Waals surface area (Å²) >= 11 is 4.71. The molecule has 0 spiro atoms. The molecule has 0 radical (unpaired) electrons. The Kier molecular flexibility index (Phi) is 4.43. The van der Waals surface area contributed by atoms with Crippen molar-refractivity contribution in [1.29, 1.82) is 0 Å². The van der Waals surface area contributed by atoms with E-state index in [1.807, 2.05) is 0 Å². The quantitative estimate of drug-likeness (QED) is 0.688. The molecule has 1 heterocycles. The van der Waals surface area contributed by atoms with Crippen LogP contribution in [-0.2, 0) is 10.0 Å². The van der Waals surface area contributed by atoms with Crippen molar-refractivity contribution in [2.75, 3.05) is 11.3 Å². The SMILES string of the molecule is Cc1[nH]ncc1S(=O)(=O)Nc1cccc(OCC(N)=S)c1. The highest BCUT2D eigenvalue weighted by molar-refractivity contribution is 7.92. The minimum atomic E-state index is -3.70. The second kappa shape index (κ2) is 6.10. The van der Waals surface area contributed by atoms with Gasteiger partial charge in [0.1, 0.15) is 22.2 Å². The number of nitrogens with zero attached hydrogens (tertiary/aromatic N) is 1. The Hall–Kier alpha value is -2.13. The molecule has 0 aliphatic carbocycles. The zero-order valence-corrected chi connectivity index (χ0v) is 12.8. The van der Waals surface area contributed by atoms with Gasteiger partial charge in [-0.25, -0.2) is 8.42 Å². The third kappa shape index (κ3) is 3.92. The Morgan fingerprint density at radius 3 is 2.90 bits per heavy atom. The molecule has 1 aromatic carbocycles. The second-order valence-corrected chi connectivity index (χ2v) is 6.42. The lowest BCUT2D eigenvalue weighted by Crippen LogP contribution is -2.18. The molecule has 1 aromatic heterocycles. The minimum absolute atomic E-state index is 0.0897. The minimum Gasteiger partial charge on any atom is -0.486 e. The number of H-pyrrole nitrogens is 1. The number of aromatic nitrogens is 2. The monoisotopic (exact) mass is 326 g/mol.